The molecule has 1 N–H and O–H groups in total. The molecule has 106 valence electrons. The lowest BCUT2D eigenvalue weighted by atomic mass is 10.1. The van der Waals surface area contributed by atoms with Crippen molar-refractivity contribution < 1.29 is 4.79 Å². The third kappa shape index (κ3) is 4.18. The number of hydrogen-bond donors (Lipinski definition) is 1. The van der Waals surface area contributed by atoms with Gasteiger partial charge in [0.05, 0.1) is 6.54 Å². The second kappa shape index (κ2) is 6.68. The summed E-state index contributed by atoms with van der Waals surface area (Å²) in [6.45, 7) is 5.22. The zero-order valence-corrected chi connectivity index (χ0v) is 13.0. The van der Waals surface area contributed by atoms with Crippen LogP contribution in [-0.4, -0.2) is 24.4 Å². The van der Waals surface area contributed by atoms with Gasteiger partial charge in [-0.3, -0.25) is 9.69 Å². The summed E-state index contributed by atoms with van der Waals surface area (Å²) in [4.78, 5) is 14.1. The first-order valence-electron chi connectivity index (χ1n) is 6.61. The van der Waals surface area contributed by atoms with E-state index < -0.39 is 0 Å². The van der Waals surface area contributed by atoms with E-state index >= 15 is 0 Å². The number of amides is 1. The largest absolute Gasteiger partial charge is 0.325 e. The van der Waals surface area contributed by atoms with Gasteiger partial charge in [0.2, 0.25) is 5.91 Å². The Balaban J connectivity index is 1.90. The molecular formula is C16H20N2OS. The first-order chi connectivity index (χ1) is 9.54. The molecule has 2 aromatic rings. The molecule has 0 bridgehead atoms. The van der Waals surface area contributed by atoms with Gasteiger partial charge in [0.1, 0.15) is 0 Å². The van der Waals surface area contributed by atoms with Crippen LogP contribution in [0.5, 0.6) is 0 Å². The Kier molecular flexibility index (Phi) is 4.93. The molecule has 0 fully saturated rings. The minimum atomic E-state index is 0.0245. The van der Waals surface area contributed by atoms with Crippen LogP contribution in [0.25, 0.3) is 0 Å². The van der Waals surface area contributed by atoms with Crippen molar-refractivity contribution in [1.29, 1.82) is 0 Å². The van der Waals surface area contributed by atoms with Crippen molar-refractivity contribution in [2.45, 2.75) is 20.4 Å². The highest BCUT2D eigenvalue weighted by atomic mass is 32.1. The fourth-order valence-corrected chi connectivity index (χ4v) is 2.72. The molecule has 1 heterocycles. The summed E-state index contributed by atoms with van der Waals surface area (Å²) in [6.07, 6.45) is 0. The van der Waals surface area contributed by atoms with Crippen LogP contribution in [-0.2, 0) is 11.3 Å². The second-order valence-corrected chi connectivity index (χ2v) is 5.95. The lowest BCUT2D eigenvalue weighted by Gasteiger charge is -2.16. The molecule has 20 heavy (non-hydrogen) atoms. The van der Waals surface area contributed by atoms with Crippen molar-refractivity contribution in [2.75, 3.05) is 18.9 Å². The van der Waals surface area contributed by atoms with Gasteiger partial charge in [0, 0.05) is 12.2 Å². The highest BCUT2D eigenvalue weighted by molar-refractivity contribution is 7.07. The van der Waals surface area contributed by atoms with Gasteiger partial charge in [0.25, 0.3) is 0 Å². The molecular weight excluding hydrogens is 268 g/mol. The van der Waals surface area contributed by atoms with E-state index in [0.717, 1.165) is 23.4 Å². The van der Waals surface area contributed by atoms with Crippen LogP contribution < -0.4 is 5.32 Å². The molecule has 0 saturated heterocycles. The van der Waals surface area contributed by atoms with E-state index in [-0.39, 0.29) is 5.91 Å². The predicted octanol–water partition coefficient (Wildman–Crippen LogP) is 3.44. The maximum absolute atomic E-state index is 12.1. The monoisotopic (exact) mass is 288 g/mol. The Morgan fingerprint density at radius 2 is 2.10 bits per heavy atom. The Bertz CT molecular complexity index is 578. The number of benzene rings is 1. The number of likely N-dealkylation sites (N-methyl/N-ethyl adjacent to an activating group) is 1. The maximum Gasteiger partial charge on any atom is 0.238 e. The molecule has 1 aromatic carbocycles. The van der Waals surface area contributed by atoms with Crippen LogP contribution in [0.4, 0.5) is 5.69 Å². The van der Waals surface area contributed by atoms with Crippen LogP contribution >= 0.6 is 11.3 Å². The lowest BCUT2D eigenvalue weighted by Crippen LogP contribution is -2.29. The molecule has 0 aliphatic heterocycles. The van der Waals surface area contributed by atoms with Crippen molar-refractivity contribution >= 4 is 22.9 Å². The van der Waals surface area contributed by atoms with Gasteiger partial charge in [-0.15, -0.1) is 0 Å². The summed E-state index contributed by atoms with van der Waals surface area (Å²) in [6, 6.07) is 8.17. The molecule has 1 aromatic heterocycles. The van der Waals surface area contributed by atoms with E-state index in [9.17, 15) is 4.79 Å². The Morgan fingerprint density at radius 1 is 1.30 bits per heavy atom. The first-order valence-corrected chi connectivity index (χ1v) is 7.55. The van der Waals surface area contributed by atoms with E-state index in [1.807, 2.05) is 44.0 Å². The number of rotatable bonds is 5. The molecule has 1 amide bonds. The predicted molar refractivity (Wildman–Crippen MR) is 85.2 cm³/mol. The Hall–Kier alpha value is -1.65. The van der Waals surface area contributed by atoms with E-state index in [2.05, 4.69) is 22.1 Å². The third-order valence-corrected chi connectivity index (χ3v) is 3.85. The number of aryl methyl sites for hydroxylation is 2. The third-order valence-electron chi connectivity index (χ3n) is 3.11. The second-order valence-electron chi connectivity index (χ2n) is 5.17. The zero-order chi connectivity index (χ0) is 14.5. The van der Waals surface area contributed by atoms with Crippen LogP contribution in [0, 0.1) is 13.8 Å². The molecule has 4 heteroatoms. The van der Waals surface area contributed by atoms with Gasteiger partial charge >= 0.3 is 0 Å². The molecule has 0 unspecified atom stereocenters. The summed E-state index contributed by atoms with van der Waals surface area (Å²) in [5, 5.41) is 7.15. The van der Waals surface area contributed by atoms with Crippen LogP contribution in [0.3, 0.4) is 0 Å². The standard InChI is InChI=1S/C16H20N2OS/c1-12-4-5-13(2)15(8-12)17-16(19)10-18(3)9-14-6-7-20-11-14/h4-8,11H,9-10H2,1-3H3,(H,17,19). The normalized spacial score (nSPS) is 10.8. The van der Waals surface area contributed by atoms with Crippen molar-refractivity contribution in [3.8, 4) is 0 Å². The number of anilines is 1. The number of hydrogen-bond acceptors (Lipinski definition) is 3. The van der Waals surface area contributed by atoms with Crippen molar-refractivity contribution in [2.24, 2.45) is 0 Å². The zero-order valence-electron chi connectivity index (χ0n) is 12.1. The Morgan fingerprint density at radius 3 is 2.80 bits per heavy atom. The SMILES string of the molecule is Cc1ccc(C)c(NC(=O)CN(C)Cc2ccsc2)c1. The molecule has 0 spiro atoms. The van der Waals surface area contributed by atoms with Gasteiger partial charge in [-0.05, 0) is 60.5 Å². The lowest BCUT2D eigenvalue weighted by molar-refractivity contribution is -0.117. The highest BCUT2D eigenvalue weighted by Crippen LogP contribution is 2.16. The molecule has 0 radical (unpaired) electrons. The number of thiophene rings is 1. The average Bonchev–Trinajstić information content (AvgIpc) is 2.86. The molecule has 2 rings (SSSR count). The van der Waals surface area contributed by atoms with Crippen molar-refractivity contribution in [3.05, 3.63) is 51.7 Å². The fraction of sp³-hybridized carbons (Fsp3) is 0.312. The summed E-state index contributed by atoms with van der Waals surface area (Å²) in [5.74, 6) is 0.0245. The molecule has 0 aliphatic carbocycles. The van der Waals surface area contributed by atoms with Crippen LogP contribution in [0.2, 0.25) is 0 Å². The average molecular weight is 288 g/mol. The van der Waals surface area contributed by atoms with Gasteiger partial charge < -0.3 is 5.32 Å². The smallest absolute Gasteiger partial charge is 0.238 e. The van der Waals surface area contributed by atoms with Crippen molar-refractivity contribution in [3.63, 3.8) is 0 Å². The van der Waals surface area contributed by atoms with Gasteiger partial charge in [-0.2, -0.15) is 11.3 Å². The van der Waals surface area contributed by atoms with Crippen LogP contribution in [0.15, 0.2) is 35.0 Å². The Labute approximate surface area is 124 Å². The highest BCUT2D eigenvalue weighted by Gasteiger charge is 2.09. The molecule has 0 atom stereocenters. The number of nitrogens with one attached hydrogen (secondary N) is 1. The van der Waals surface area contributed by atoms with E-state index in [4.69, 9.17) is 0 Å². The summed E-state index contributed by atoms with van der Waals surface area (Å²) in [5.41, 5.74) is 4.39. The van der Waals surface area contributed by atoms with E-state index in [1.54, 1.807) is 11.3 Å². The van der Waals surface area contributed by atoms with Crippen LogP contribution in [0.1, 0.15) is 16.7 Å². The number of nitrogens with zero attached hydrogens (tertiary/aromatic N) is 1. The molecule has 0 aliphatic rings. The van der Waals surface area contributed by atoms with E-state index in [0.29, 0.717) is 6.54 Å². The number of carbonyl (C=O) groups excluding carboxylic acids is 1. The van der Waals surface area contributed by atoms with Crippen molar-refractivity contribution in [1.82, 2.24) is 4.90 Å². The summed E-state index contributed by atoms with van der Waals surface area (Å²) >= 11 is 1.68. The van der Waals surface area contributed by atoms with Gasteiger partial charge in [0.15, 0.2) is 0 Å². The summed E-state index contributed by atoms with van der Waals surface area (Å²) < 4.78 is 0. The van der Waals surface area contributed by atoms with Gasteiger partial charge in [-0.25, -0.2) is 0 Å². The number of carbonyl (C=O) groups is 1. The minimum Gasteiger partial charge on any atom is -0.325 e. The maximum atomic E-state index is 12.1. The molecule has 0 saturated carbocycles. The fourth-order valence-electron chi connectivity index (χ4n) is 2.06. The molecule has 3 nitrogen and oxygen atoms in total. The summed E-state index contributed by atoms with van der Waals surface area (Å²) in [7, 11) is 1.96. The van der Waals surface area contributed by atoms with E-state index in [1.165, 1.54) is 5.56 Å². The topological polar surface area (TPSA) is 32.3 Å². The quantitative estimate of drug-likeness (QED) is 0.914. The van der Waals surface area contributed by atoms with Gasteiger partial charge in [-0.1, -0.05) is 12.1 Å². The minimum absolute atomic E-state index is 0.0245. The first kappa shape index (κ1) is 14.8.